The average Bonchev–Trinajstić information content (AvgIpc) is 2.62. The third-order valence-corrected chi connectivity index (χ3v) is 8.04. The Kier molecular flexibility index (Phi) is 4.21. The molecular formula is C28H38. The number of hydrogen-bond donors (Lipinski definition) is 0. The minimum absolute atomic E-state index is 0.260. The maximum Gasteiger partial charge on any atom is -0.0100 e. The van der Waals surface area contributed by atoms with Gasteiger partial charge in [0.25, 0.3) is 0 Å². The SMILES string of the molecule is CC1(C)CCC(C)(C)c2cc(-c3ccc4c(c3)C(C)(C)CCC4(C)C)ccc21. The lowest BCUT2D eigenvalue weighted by Crippen LogP contribution is -2.34. The Hall–Kier alpha value is -1.56. The molecule has 0 nitrogen and oxygen atoms in total. The summed E-state index contributed by atoms with van der Waals surface area (Å²) in [5.74, 6) is 0. The lowest BCUT2D eigenvalue weighted by molar-refractivity contribution is 0.331. The summed E-state index contributed by atoms with van der Waals surface area (Å²) in [6.45, 7) is 19.3. The van der Waals surface area contributed by atoms with Gasteiger partial charge in [-0.1, -0.05) is 91.8 Å². The van der Waals surface area contributed by atoms with Crippen molar-refractivity contribution in [3.05, 3.63) is 58.7 Å². The normalized spacial score (nSPS) is 23.6. The van der Waals surface area contributed by atoms with Crippen molar-refractivity contribution in [2.75, 3.05) is 0 Å². The maximum atomic E-state index is 2.50. The van der Waals surface area contributed by atoms with Gasteiger partial charge in [0.1, 0.15) is 0 Å². The minimum Gasteiger partial charge on any atom is -0.0576 e. The molecule has 0 radical (unpaired) electrons. The molecule has 2 aliphatic rings. The van der Waals surface area contributed by atoms with E-state index in [1.54, 1.807) is 22.3 Å². The minimum atomic E-state index is 0.260. The van der Waals surface area contributed by atoms with Crippen LogP contribution >= 0.6 is 0 Å². The number of rotatable bonds is 1. The molecule has 0 heteroatoms. The maximum absolute atomic E-state index is 2.50. The molecule has 0 N–H and O–H groups in total. The highest BCUT2D eigenvalue weighted by atomic mass is 14.4. The molecule has 0 saturated carbocycles. The van der Waals surface area contributed by atoms with E-state index in [1.165, 1.54) is 36.8 Å². The van der Waals surface area contributed by atoms with Crippen LogP contribution in [0.15, 0.2) is 36.4 Å². The molecule has 0 heterocycles. The lowest BCUT2D eigenvalue weighted by atomic mass is 9.62. The standard InChI is InChI=1S/C28H38/c1-25(2)13-15-27(5,6)23-17-19(9-11-21(23)25)20-10-12-22-24(18-20)28(7,8)16-14-26(22,3)4/h9-12,17-18H,13-16H2,1-8H3. The zero-order valence-electron chi connectivity index (χ0n) is 19.3. The molecule has 0 fully saturated rings. The third-order valence-electron chi connectivity index (χ3n) is 8.04. The van der Waals surface area contributed by atoms with Crippen molar-refractivity contribution < 1.29 is 0 Å². The first-order chi connectivity index (χ1) is 12.8. The zero-order chi connectivity index (χ0) is 20.5. The Morgan fingerprint density at radius 1 is 0.429 bits per heavy atom. The lowest BCUT2D eigenvalue weighted by Gasteiger charge is -2.42. The van der Waals surface area contributed by atoms with Crippen LogP contribution in [-0.4, -0.2) is 0 Å². The molecular weight excluding hydrogens is 336 g/mol. The van der Waals surface area contributed by atoms with Crippen molar-refractivity contribution in [2.24, 2.45) is 0 Å². The second-order valence-electron chi connectivity index (χ2n) is 12.1. The van der Waals surface area contributed by atoms with Gasteiger partial charge in [0, 0.05) is 0 Å². The van der Waals surface area contributed by atoms with Crippen LogP contribution in [-0.2, 0) is 21.7 Å². The van der Waals surface area contributed by atoms with E-state index in [4.69, 9.17) is 0 Å². The Bertz CT molecular complexity index is 844. The predicted octanol–water partition coefficient (Wildman–Crippen LogP) is 8.05. The molecule has 2 aromatic rings. The predicted molar refractivity (Wildman–Crippen MR) is 122 cm³/mol. The molecule has 4 rings (SSSR count). The van der Waals surface area contributed by atoms with E-state index in [1.807, 2.05) is 0 Å². The summed E-state index contributed by atoms with van der Waals surface area (Å²) in [6.07, 6.45) is 5.08. The zero-order valence-corrected chi connectivity index (χ0v) is 19.3. The molecule has 0 bridgehead atoms. The summed E-state index contributed by atoms with van der Waals surface area (Å²) in [5.41, 5.74) is 10.1. The second kappa shape index (κ2) is 5.97. The van der Waals surface area contributed by atoms with Crippen LogP contribution in [0.3, 0.4) is 0 Å². The summed E-state index contributed by atoms with van der Waals surface area (Å²) in [4.78, 5) is 0. The van der Waals surface area contributed by atoms with Gasteiger partial charge in [-0.25, -0.2) is 0 Å². The molecule has 0 spiro atoms. The van der Waals surface area contributed by atoms with Crippen molar-refractivity contribution in [3.63, 3.8) is 0 Å². The van der Waals surface area contributed by atoms with Gasteiger partial charge in [-0.3, -0.25) is 0 Å². The molecule has 0 atom stereocenters. The van der Waals surface area contributed by atoms with Gasteiger partial charge in [0.05, 0.1) is 0 Å². The topological polar surface area (TPSA) is 0 Å². The van der Waals surface area contributed by atoms with Gasteiger partial charge in [-0.15, -0.1) is 0 Å². The van der Waals surface area contributed by atoms with Crippen LogP contribution in [0.25, 0.3) is 11.1 Å². The van der Waals surface area contributed by atoms with Crippen LogP contribution in [0.2, 0.25) is 0 Å². The van der Waals surface area contributed by atoms with Crippen molar-refractivity contribution >= 4 is 0 Å². The van der Waals surface area contributed by atoms with Crippen molar-refractivity contribution in [3.8, 4) is 11.1 Å². The highest BCUT2D eigenvalue weighted by Gasteiger charge is 2.38. The molecule has 0 unspecified atom stereocenters. The molecule has 0 saturated heterocycles. The average molecular weight is 375 g/mol. The molecule has 0 amide bonds. The fourth-order valence-electron chi connectivity index (χ4n) is 5.54. The monoisotopic (exact) mass is 374 g/mol. The van der Waals surface area contributed by atoms with E-state index < -0.39 is 0 Å². The van der Waals surface area contributed by atoms with Crippen molar-refractivity contribution in [2.45, 2.75) is 103 Å². The second-order valence-corrected chi connectivity index (χ2v) is 12.1. The first kappa shape index (κ1) is 19.7. The van der Waals surface area contributed by atoms with E-state index in [0.29, 0.717) is 0 Å². The summed E-state index contributed by atoms with van der Waals surface area (Å²) in [6, 6.07) is 14.6. The molecule has 2 aromatic carbocycles. The molecule has 0 aromatic heterocycles. The summed E-state index contributed by atoms with van der Waals surface area (Å²) < 4.78 is 0. The Morgan fingerprint density at radius 3 is 1.04 bits per heavy atom. The molecule has 2 aliphatic carbocycles. The van der Waals surface area contributed by atoms with E-state index in [2.05, 4.69) is 91.8 Å². The first-order valence-corrected chi connectivity index (χ1v) is 11.1. The highest BCUT2D eigenvalue weighted by Crippen LogP contribution is 2.49. The van der Waals surface area contributed by atoms with Gasteiger partial charge < -0.3 is 0 Å². The Labute approximate surface area is 172 Å². The van der Waals surface area contributed by atoms with Gasteiger partial charge >= 0.3 is 0 Å². The van der Waals surface area contributed by atoms with E-state index >= 15 is 0 Å². The summed E-state index contributed by atoms with van der Waals surface area (Å²) in [7, 11) is 0. The smallest absolute Gasteiger partial charge is 0.0100 e. The van der Waals surface area contributed by atoms with Crippen LogP contribution in [0.5, 0.6) is 0 Å². The van der Waals surface area contributed by atoms with Gasteiger partial charge in [-0.2, -0.15) is 0 Å². The molecule has 28 heavy (non-hydrogen) atoms. The Morgan fingerprint density at radius 2 is 0.714 bits per heavy atom. The van der Waals surface area contributed by atoms with Crippen molar-refractivity contribution in [1.82, 2.24) is 0 Å². The van der Waals surface area contributed by atoms with Gasteiger partial charge in [-0.05, 0) is 80.7 Å². The van der Waals surface area contributed by atoms with Gasteiger partial charge in [0.15, 0.2) is 0 Å². The van der Waals surface area contributed by atoms with Gasteiger partial charge in [0.2, 0.25) is 0 Å². The first-order valence-electron chi connectivity index (χ1n) is 11.1. The summed E-state index contributed by atoms with van der Waals surface area (Å²) in [5, 5.41) is 0. The molecule has 0 aliphatic heterocycles. The van der Waals surface area contributed by atoms with E-state index in [0.717, 1.165) is 0 Å². The molecule has 150 valence electrons. The van der Waals surface area contributed by atoms with Crippen molar-refractivity contribution in [1.29, 1.82) is 0 Å². The quantitative estimate of drug-likeness (QED) is 0.473. The van der Waals surface area contributed by atoms with E-state index in [-0.39, 0.29) is 21.7 Å². The summed E-state index contributed by atoms with van der Waals surface area (Å²) >= 11 is 0. The van der Waals surface area contributed by atoms with Crippen LogP contribution in [0, 0.1) is 0 Å². The fourth-order valence-corrected chi connectivity index (χ4v) is 5.54. The number of hydrogen-bond acceptors (Lipinski definition) is 0. The fraction of sp³-hybridized carbons (Fsp3) is 0.571. The van der Waals surface area contributed by atoms with E-state index in [9.17, 15) is 0 Å². The largest absolute Gasteiger partial charge is 0.0576 e. The van der Waals surface area contributed by atoms with Crippen LogP contribution in [0.1, 0.15) is 103 Å². The third kappa shape index (κ3) is 3.04. The van der Waals surface area contributed by atoms with Crippen LogP contribution < -0.4 is 0 Å². The Balaban J connectivity index is 1.86. The highest BCUT2D eigenvalue weighted by molar-refractivity contribution is 5.68. The number of fused-ring (bicyclic) bond motifs is 2. The van der Waals surface area contributed by atoms with Crippen LogP contribution in [0.4, 0.5) is 0 Å². The number of benzene rings is 2.